The van der Waals surface area contributed by atoms with Crippen LogP contribution in [0.5, 0.6) is 0 Å². The fraction of sp³-hybridized carbons (Fsp3) is 0.111. The van der Waals surface area contributed by atoms with Crippen LogP contribution in [-0.4, -0.2) is 6.26 Å². The molecular weight excluding hydrogens is 379 g/mol. The lowest BCUT2D eigenvalue weighted by molar-refractivity contribution is 1.53. The third-order valence-corrected chi connectivity index (χ3v) is 5.02. The molecule has 0 saturated carbocycles. The average molecular weight is 385 g/mol. The Kier molecular flexibility index (Phi) is 3.22. The molecule has 0 nitrogen and oxygen atoms in total. The molecule has 1 heterocycles. The van der Waals surface area contributed by atoms with Crippen LogP contribution in [0.15, 0.2) is 26.9 Å². The van der Waals surface area contributed by atoms with Crippen molar-refractivity contribution in [2.45, 2.75) is 4.90 Å². The van der Waals surface area contributed by atoms with E-state index in [1.807, 2.05) is 0 Å². The van der Waals surface area contributed by atoms with E-state index in [4.69, 9.17) is 0 Å². The van der Waals surface area contributed by atoms with Gasteiger partial charge in [0, 0.05) is 28.4 Å². The van der Waals surface area contributed by atoms with Crippen LogP contribution in [0.4, 0.5) is 0 Å². The number of fused-ring (bicyclic) bond motifs is 1. The lowest BCUT2D eigenvalue weighted by Crippen LogP contribution is -1.75. The monoisotopic (exact) mass is 384 g/mol. The third-order valence-electron chi connectivity index (χ3n) is 1.78. The number of hydrogen-bond donors (Lipinski definition) is 0. The highest BCUT2D eigenvalue weighted by Gasteiger charge is 2.07. The quantitative estimate of drug-likeness (QED) is 0.493. The van der Waals surface area contributed by atoms with Crippen LogP contribution in [0, 0.1) is 3.57 Å². The first kappa shape index (κ1) is 10.3. The van der Waals surface area contributed by atoms with Gasteiger partial charge in [-0.05, 0) is 56.9 Å². The van der Waals surface area contributed by atoms with E-state index in [2.05, 4.69) is 62.3 Å². The Hall–Kier alpha value is 0.740. The second-order valence-corrected chi connectivity index (χ2v) is 6.42. The van der Waals surface area contributed by atoms with Crippen LogP contribution in [0.2, 0.25) is 0 Å². The minimum Gasteiger partial charge on any atom is -0.143 e. The van der Waals surface area contributed by atoms with E-state index in [0.29, 0.717) is 0 Å². The number of rotatable bonds is 1. The summed E-state index contributed by atoms with van der Waals surface area (Å²) in [5.74, 6) is 0. The van der Waals surface area contributed by atoms with Gasteiger partial charge in [-0.1, -0.05) is 0 Å². The first-order valence-corrected chi connectivity index (χ1v) is 7.60. The van der Waals surface area contributed by atoms with E-state index >= 15 is 0 Å². The van der Waals surface area contributed by atoms with E-state index in [9.17, 15) is 0 Å². The van der Waals surface area contributed by atoms with Gasteiger partial charge in [-0.15, -0.1) is 23.1 Å². The fourth-order valence-corrected chi connectivity index (χ4v) is 4.85. The van der Waals surface area contributed by atoms with E-state index in [0.717, 1.165) is 0 Å². The van der Waals surface area contributed by atoms with Crippen molar-refractivity contribution in [2.24, 2.45) is 0 Å². The molecule has 0 N–H and O–H groups in total. The molecule has 1 aromatic carbocycles. The zero-order valence-electron chi connectivity index (χ0n) is 6.80. The van der Waals surface area contributed by atoms with Crippen molar-refractivity contribution < 1.29 is 0 Å². The van der Waals surface area contributed by atoms with Gasteiger partial charge in [-0.25, -0.2) is 0 Å². The van der Waals surface area contributed by atoms with Crippen molar-refractivity contribution in [3.63, 3.8) is 0 Å². The first-order chi connectivity index (χ1) is 6.22. The van der Waals surface area contributed by atoms with Gasteiger partial charge < -0.3 is 0 Å². The number of halogens is 2. The largest absolute Gasteiger partial charge is 0.143 e. The molecule has 0 fully saturated rings. The van der Waals surface area contributed by atoms with Crippen molar-refractivity contribution >= 4 is 71.7 Å². The van der Waals surface area contributed by atoms with Crippen LogP contribution in [0.1, 0.15) is 0 Å². The van der Waals surface area contributed by atoms with Crippen molar-refractivity contribution in [3.8, 4) is 0 Å². The smallest absolute Gasteiger partial charge is 0.0376 e. The molecule has 4 heteroatoms. The lowest BCUT2D eigenvalue weighted by Gasteiger charge is -2.00. The Morgan fingerprint density at radius 1 is 1.46 bits per heavy atom. The highest BCUT2D eigenvalue weighted by molar-refractivity contribution is 14.1. The summed E-state index contributed by atoms with van der Waals surface area (Å²) in [4.78, 5) is 1.36. The summed E-state index contributed by atoms with van der Waals surface area (Å²) in [6, 6.07) is 4.45. The summed E-state index contributed by atoms with van der Waals surface area (Å²) < 4.78 is 3.89. The molecule has 0 amide bonds. The number of thiophene rings is 1. The normalized spacial score (nSPS) is 11.0. The minimum absolute atomic E-state index is 1.22. The molecule has 0 spiro atoms. The zero-order valence-corrected chi connectivity index (χ0v) is 12.2. The van der Waals surface area contributed by atoms with Gasteiger partial charge in [0.2, 0.25) is 0 Å². The highest BCUT2D eigenvalue weighted by atomic mass is 127. The Bertz CT molecular complexity index is 450. The SMILES string of the molecule is CSc1cc(I)cc2scc(Br)c12. The van der Waals surface area contributed by atoms with E-state index < -0.39 is 0 Å². The highest BCUT2D eigenvalue weighted by Crippen LogP contribution is 2.37. The Labute approximate surface area is 107 Å². The Morgan fingerprint density at radius 3 is 2.92 bits per heavy atom. The topological polar surface area (TPSA) is 0 Å². The summed E-state index contributed by atoms with van der Waals surface area (Å²) in [5, 5.41) is 3.51. The van der Waals surface area contributed by atoms with Crippen LogP contribution >= 0.6 is 61.6 Å². The second kappa shape index (κ2) is 4.08. The van der Waals surface area contributed by atoms with Crippen molar-refractivity contribution in [1.29, 1.82) is 0 Å². The predicted octanol–water partition coefficient (Wildman–Crippen LogP) is 4.99. The van der Waals surface area contributed by atoms with Gasteiger partial charge in [-0.2, -0.15) is 0 Å². The lowest BCUT2D eigenvalue weighted by atomic mass is 10.3. The Balaban J connectivity index is 2.85. The first-order valence-electron chi connectivity index (χ1n) is 3.62. The maximum Gasteiger partial charge on any atom is 0.0376 e. The molecule has 0 saturated heterocycles. The summed E-state index contributed by atoms with van der Waals surface area (Å²) >= 11 is 9.54. The van der Waals surface area contributed by atoms with Gasteiger partial charge >= 0.3 is 0 Å². The number of benzene rings is 1. The predicted molar refractivity (Wildman–Crippen MR) is 74.0 cm³/mol. The van der Waals surface area contributed by atoms with Crippen LogP contribution in [-0.2, 0) is 0 Å². The molecule has 2 aromatic rings. The molecule has 1 aromatic heterocycles. The molecule has 0 aliphatic rings. The molecule has 0 aliphatic heterocycles. The van der Waals surface area contributed by atoms with Gasteiger partial charge in [-0.3, -0.25) is 0 Å². The van der Waals surface area contributed by atoms with Crippen LogP contribution in [0.3, 0.4) is 0 Å². The van der Waals surface area contributed by atoms with E-state index in [-0.39, 0.29) is 0 Å². The standard InChI is InChI=1S/C9H6BrIS2/c1-12-7-2-5(11)3-8-9(7)6(10)4-13-8/h2-4H,1H3. The number of thioether (sulfide) groups is 1. The maximum atomic E-state index is 3.58. The fourth-order valence-electron chi connectivity index (χ4n) is 1.22. The molecule has 0 aliphatic carbocycles. The maximum absolute atomic E-state index is 3.58. The van der Waals surface area contributed by atoms with E-state index in [1.165, 1.54) is 23.0 Å². The minimum atomic E-state index is 1.22. The second-order valence-electron chi connectivity index (χ2n) is 2.56. The van der Waals surface area contributed by atoms with Gasteiger partial charge in [0.15, 0.2) is 0 Å². The van der Waals surface area contributed by atoms with Gasteiger partial charge in [0.1, 0.15) is 0 Å². The van der Waals surface area contributed by atoms with Gasteiger partial charge in [0.05, 0.1) is 0 Å². The van der Waals surface area contributed by atoms with Crippen LogP contribution < -0.4 is 0 Å². The summed E-state index contributed by atoms with van der Waals surface area (Å²) in [6.07, 6.45) is 2.12. The molecular formula is C9H6BrIS2. The van der Waals surface area contributed by atoms with Crippen molar-refractivity contribution in [3.05, 3.63) is 25.6 Å². The van der Waals surface area contributed by atoms with Gasteiger partial charge in [0.25, 0.3) is 0 Å². The zero-order chi connectivity index (χ0) is 9.42. The summed E-state index contributed by atoms with van der Waals surface area (Å²) in [7, 11) is 0. The summed E-state index contributed by atoms with van der Waals surface area (Å²) in [5.41, 5.74) is 0. The summed E-state index contributed by atoms with van der Waals surface area (Å²) in [6.45, 7) is 0. The average Bonchev–Trinajstić information content (AvgIpc) is 2.46. The molecule has 0 radical (unpaired) electrons. The van der Waals surface area contributed by atoms with Crippen LogP contribution in [0.25, 0.3) is 10.1 Å². The molecule has 0 unspecified atom stereocenters. The van der Waals surface area contributed by atoms with Crippen molar-refractivity contribution in [2.75, 3.05) is 6.26 Å². The molecule has 13 heavy (non-hydrogen) atoms. The van der Waals surface area contributed by atoms with E-state index in [1.54, 1.807) is 23.1 Å². The number of hydrogen-bond acceptors (Lipinski definition) is 2. The Morgan fingerprint density at radius 2 is 2.23 bits per heavy atom. The molecule has 68 valence electrons. The molecule has 0 atom stereocenters. The molecule has 0 bridgehead atoms. The van der Waals surface area contributed by atoms with Crippen molar-refractivity contribution in [1.82, 2.24) is 0 Å². The third kappa shape index (κ3) is 1.91. The molecule has 2 rings (SSSR count).